The van der Waals surface area contributed by atoms with Crippen molar-refractivity contribution in [2.45, 2.75) is 40.0 Å². The minimum Gasteiger partial charge on any atom is -0.481 e. The molecule has 0 bridgehead atoms. The van der Waals surface area contributed by atoms with Crippen LogP contribution in [0.25, 0.3) is 0 Å². The number of terminal acetylenes is 1. The molecule has 0 heterocycles. The van der Waals surface area contributed by atoms with Crippen molar-refractivity contribution in [3.8, 4) is 12.3 Å². The zero-order chi connectivity index (χ0) is 11.1. The van der Waals surface area contributed by atoms with E-state index in [0.717, 1.165) is 6.42 Å². The van der Waals surface area contributed by atoms with Gasteiger partial charge in [-0.25, -0.2) is 0 Å². The van der Waals surface area contributed by atoms with Gasteiger partial charge in [-0.2, -0.15) is 0 Å². The van der Waals surface area contributed by atoms with Crippen LogP contribution in [0.5, 0.6) is 0 Å². The fourth-order valence-electron chi connectivity index (χ4n) is 1.80. The van der Waals surface area contributed by atoms with Gasteiger partial charge in [0.2, 0.25) is 0 Å². The van der Waals surface area contributed by atoms with Crippen LogP contribution in [0.4, 0.5) is 0 Å². The van der Waals surface area contributed by atoms with E-state index in [4.69, 9.17) is 11.5 Å². The summed E-state index contributed by atoms with van der Waals surface area (Å²) in [6.07, 6.45) is 7.23. The largest absolute Gasteiger partial charge is 0.481 e. The number of carboxylic acids is 1. The van der Waals surface area contributed by atoms with E-state index < -0.39 is 5.97 Å². The molecule has 0 aliphatic carbocycles. The van der Waals surface area contributed by atoms with Gasteiger partial charge in [0.05, 0.1) is 5.92 Å². The van der Waals surface area contributed by atoms with E-state index in [-0.39, 0.29) is 5.92 Å². The van der Waals surface area contributed by atoms with Crippen LogP contribution in [0, 0.1) is 30.1 Å². The first-order chi connectivity index (χ1) is 6.47. The normalized spacial score (nSPS) is 14.8. The summed E-state index contributed by atoms with van der Waals surface area (Å²) in [5.74, 6) is 2.35. The molecule has 0 spiro atoms. The SMILES string of the molecule is C#CCC(CC(C)CC(C)C)C(=O)O. The van der Waals surface area contributed by atoms with E-state index in [9.17, 15) is 4.79 Å². The van der Waals surface area contributed by atoms with Crippen molar-refractivity contribution in [3.63, 3.8) is 0 Å². The van der Waals surface area contributed by atoms with E-state index in [0.29, 0.717) is 24.7 Å². The van der Waals surface area contributed by atoms with Crippen molar-refractivity contribution in [2.75, 3.05) is 0 Å². The molecule has 0 rings (SSSR count). The van der Waals surface area contributed by atoms with Crippen molar-refractivity contribution in [1.82, 2.24) is 0 Å². The number of rotatable bonds is 6. The smallest absolute Gasteiger partial charge is 0.307 e. The van der Waals surface area contributed by atoms with Crippen LogP contribution >= 0.6 is 0 Å². The van der Waals surface area contributed by atoms with Crippen LogP contribution in [0.15, 0.2) is 0 Å². The standard InChI is InChI=1S/C12H20O2/c1-5-6-11(12(13)14)8-10(4)7-9(2)3/h1,9-11H,6-8H2,2-4H3,(H,13,14). The lowest BCUT2D eigenvalue weighted by Crippen LogP contribution is -2.17. The first-order valence-corrected chi connectivity index (χ1v) is 5.13. The fourth-order valence-corrected chi connectivity index (χ4v) is 1.80. The summed E-state index contributed by atoms with van der Waals surface area (Å²) < 4.78 is 0. The van der Waals surface area contributed by atoms with Crippen LogP contribution < -0.4 is 0 Å². The molecule has 2 atom stereocenters. The van der Waals surface area contributed by atoms with Gasteiger partial charge >= 0.3 is 5.97 Å². The fraction of sp³-hybridized carbons (Fsp3) is 0.750. The van der Waals surface area contributed by atoms with Gasteiger partial charge in [0.25, 0.3) is 0 Å². The maximum Gasteiger partial charge on any atom is 0.307 e. The summed E-state index contributed by atoms with van der Waals surface area (Å²) in [6.45, 7) is 6.38. The lowest BCUT2D eigenvalue weighted by molar-refractivity contribution is -0.142. The Bertz CT molecular complexity index is 213. The predicted octanol–water partition coefficient (Wildman–Crippen LogP) is 2.78. The van der Waals surface area contributed by atoms with Crippen LogP contribution in [-0.2, 0) is 4.79 Å². The van der Waals surface area contributed by atoms with Crippen molar-refractivity contribution >= 4 is 5.97 Å². The maximum absolute atomic E-state index is 10.8. The predicted molar refractivity (Wildman–Crippen MR) is 57.8 cm³/mol. The Kier molecular flexibility index (Phi) is 6.03. The number of hydrogen-bond acceptors (Lipinski definition) is 1. The zero-order valence-corrected chi connectivity index (χ0v) is 9.29. The zero-order valence-electron chi connectivity index (χ0n) is 9.29. The van der Waals surface area contributed by atoms with Crippen LogP contribution in [-0.4, -0.2) is 11.1 Å². The van der Waals surface area contributed by atoms with Crippen molar-refractivity contribution in [2.24, 2.45) is 17.8 Å². The minimum atomic E-state index is -0.765. The lowest BCUT2D eigenvalue weighted by atomic mass is 9.88. The maximum atomic E-state index is 10.8. The van der Waals surface area contributed by atoms with Gasteiger partial charge in [0.1, 0.15) is 0 Å². The molecule has 0 aromatic heterocycles. The molecule has 80 valence electrons. The quantitative estimate of drug-likeness (QED) is 0.663. The first-order valence-electron chi connectivity index (χ1n) is 5.13. The molecule has 0 amide bonds. The van der Waals surface area contributed by atoms with E-state index in [1.807, 2.05) is 0 Å². The second-order valence-corrected chi connectivity index (χ2v) is 4.41. The first kappa shape index (κ1) is 13.0. The molecule has 2 nitrogen and oxygen atoms in total. The summed E-state index contributed by atoms with van der Waals surface area (Å²) in [5.41, 5.74) is 0. The minimum absolute atomic E-state index is 0.345. The van der Waals surface area contributed by atoms with E-state index in [1.165, 1.54) is 0 Å². The molecule has 0 aliphatic heterocycles. The summed E-state index contributed by atoms with van der Waals surface area (Å²) in [4.78, 5) is 10.8. The Balaban J connectivity index is 4.03. The van der Waals surface area contributed by atoms with Crippen LogP contribution in [0.1, 0.15) is 40.0 Å². The topological polar surface area (TPSA) is 37.3 Å². The van der Waals surface area contributed by atoms with Gasteiger partial charge in [-0.05, 0) is 24.7 Å². The van der Waals surface area contributed by atoms with Crippen LogP contribution in [0.2, 0.25) is 0 Å². The average Bonchev–Trinajstić information content (AvgIpc) is 2.01. The summed E-state index contributed by atoms with van der Waals surface area (Å²) in [5, 5.41) is 8.89. The molecule has 1 N–H and O–H groups in total. The Morgan fingerprint density at radius 3 is 2.29 bits per heavy atom. The van der Waals surface area contributed by atoms with Crippen molar-refractivity contribution < 1.29 is 9.90 Å². The molecule has 2 unspecified atom stereocenters. The molecule has 0 saturated heterocycles. The third-order valence-corrected chi connectivity index (χ3v) is 2.27. The Morgan fingerprint density at radius 1 is 1.36 bits per heavy atom. The molecule has 0 aromatic carbocycles. The van der Waals surface area contributed by atoms with E-state index in [2.05, 4.69) is 26.7 Å². The third-order valence-electron chi connectivity index (χ3n) is 2.27. The summed E-state index contributed by atoms with van der Waals surface area (Å²) >= 11 is 0. The molecule has 2 heteroatoms. The molecular weight excluding hydrogens is 176 g/mol. The van der Waals surface area contributed by atoms with Crippen molar-refractivity contribution in [3.05, 3.63) is 0 Å². The Labute approximate surface area is 86.7 Å². The second kappa shape index (κ2) is 6.48. The number of hydrogen-bond donors (Lipinski definition) is 1. The highest BCUT2D eigenvalue weighted by Gasteiger charge is 2.19. The molecule has 0 aromatic rings. The Morgan fingerprint density at radius 2 is 1.93 bits per heavy atom. The second-order valence-electron chi connectivity index (χ2n) is 4.41. The third kappa shape index (κ3) is 5.64. The molecule has 0 aliphatic rings. The number of aliphatic carboxylic acids is 1. The molecule has 0 fully saturated rings. The summed E-state index contributed by atoms with van der Waals surface area (Å²) in [6, 6.07) is 0. The lowest BCUT2D eigenvalue weighted by Gasteiger charge is -2.17. The van der Waals surface area contributed by atoms with Gasteiger partial charge < -0.3 is 5.11 Å². The van der Waals surface area contributed by atoms with Crippen LogP contribution in [0.3, 0.4) is 0 Å². The molecule has 0 saturated carbocycles. The van der Waals surface area contributed by atoms with Gasteiger partial charge in [-0.1, -0.05) is 20.8 Å². The summed E-state index contributed by atoms with van der Waals surface area (Å²) in [7, 11) is 0. The molecule has 0 radical (unpaired) electrons. The highest BCUT2D eigenvalue weighted by atomic mass is 16.4. The van der Waals surface area contributed by atoms with E-state index >= 15 is 0 Å². The van der Waals surface area contributed by atoms with Gasteiger partial charge in [0, 0.05) is 6.42 Å². The molecule has 14 heavy (non-hydrogen) atoms. The Hall–Kier alpha value is -0.970. The van der Waals surface area contributed by atoms with Gasteiger partial charge in [0.15, 0.2) is 0 Å². The van der Waals surface area contributed by atoms with E-state index in [1.54, 1.807) is 0 Å². The highest BCUT2D eigenvalue weighted by molar-refractivity contribution is 5.70. The van der Waals surface area contributed by atoms with Crippen molar-refractivity contribution in [1.29, 1.82) is 0 Å². The number of carbonyl (C=O) groups is 1. The monoisotopic (exact) mass is 196 g/mol. The highest BCUT2D eigenvalue weighted by Crippen LogP contribution is 2.21. The van der Waals surface area contributed by atoms with Gasteiger partial charge in [-0.3, -0.25) is 4.79 Å². The van der Waals surface area contributed by atoms with Gasteiger partial charge in [-0.15, -0.1) is 12.3 Å². The number of carboxylic acid groups (broad SMARTS) is 1. The molecular formula is C12H20O2. The average molecular weight is 196 g/mol.